The Kier molecular flexibility index (Phi) is 4.70. The molecular formula is C11H13ClN2O3S3. The van der Waals surface area contributed by atoms with E-state index in [2.05, 4.69) is 4.98 Å². The molecule has 5 nitrogen and oxygen atoms in total. The van der Waals surface area contributed by atoms with Crippen molar-refractivity contribution in [3.05, 3.63) is 36.7 Å². The van der Waals surface area contributed by atoms with Crippen molar-refractivity contribution in [1.29, 1.82) is 0 Å². The fraction of sp³-hybridized carbons (Fsp3) is 0.364. The average Bonchev–Trinajstić information content (AvgIpc) is 2.92. The molecule has 0 aromatic carbocycles. The molecule has 0 unspecified atom stereocenters. The summed E-state index contributed by atoms with van der Waals surface area (Å²) in [5.74, 6) is 0. The smallest absolute Gasteiger partial charge is 0.305 e. The topological polar surface area (TPSA) is 70.2 Å². The average molecular weight is 353 g/mol. The molecular weight excluding hydrogens is 340 g/mol. The maximum Gasteiger partial charge on any atom is 0.305 e. The van der Waals surface area contributed by atoms with Crippen LogP contribution in [0, 0.1) is 6.92 Å². The molecule has 0 saturated heterocycles. The highest BCUT2D eigenvalue weighted by Gasteiger charge is 2.27. The molecule has 9 heteroatoms. The van der Waals surface area contributed by atoms with Crippen LogP contribution in [0.2, 0.25) is 4.34 Å². The molecule has 2 aromatic rings. The van der Waals surface area contributed by atoms with Gasteiger partial charge in [0.2, 0.25) is 0 Å². The van der Waals surface area contributed by atoms with Gasteiger partial charge < -0.3 is 4.98 Å². The van der Waals surface area contributed by atoms with Crippen LogP contribution in [0.1, 0.15) is 17.5 Å². The summed E-state index contributed by atoms with van der Waals surface area (Å²) in [6, 6.07) is 3.54. The number of thiazole rings is 1. The molecule has 110 valence electrons. The zero-order chi connectivity index (χ0) is 14.9. The van der Waals surface area contributed by atoms with E-state index in [4.69, 9.17) is 11.6 Å². The second kappa shape index (κ2) is 5.98. The molecule has 0 fully saturated rings. The second-order valence-electron chi connectivity index (χ2n) is 4.06. The number of halogens is 1. The fourth-order valence-electron chi connectivity index (χ4n) is 1.73. The van der Waals surface area contributed by atoms with Crippen LogP contribution in [0.4, 0.5) is 0 Å². The number of nitrogens with one attached hydrogen (secondary N) is 1. The highest BCUT2D eigenvalue weighted by Crippen LogP contribution is 2.26. The summed E-state index contributed by atoms with van der Waals surface area (Å²) in [6.07, 6.45) is 0. The molecule has 20 heavy (non-hydrogen) atoms. The number of aryl methyl sites for hydroxylation is 1. The molecule has 0 aliphatic heterocycles. The Bertz CT molecular complexity index is 760. The van der Waals surface area contributed by atoms with Gasteiger partial charge in [-0.05, 0) is 19.1 Å². The third kappa shape index (κ3) is 3.15. The summed E-state index contributed by atoms with van der Waals surface area (Å²) in [5.41, 5.74) is 0.377. The van der Waals surface area contributed by atoms with Crippen LogP contribution < -0.4 is 4.87 Å². The molecule has 0 saturated carbocycles. The van der Waals surface area contributed by atoms with E-state index >= 15 is 0 Å². The van der Waals surface area contributed by atoms with E-state index in [-0.39, 0.29) is 15.6 Å². The van der Waals surface area contributed by atoms with Crippen molar-refractivity contribution in [3.63, 3.8) is 0 Å². The van der Waals surface area contributed by atoms with Gasteiger partial charge in [-0.25, -0.2) is 8.42 Å². The summed E-state index contributed by atoms with van der Waals surface area (Å²) in [4.78, 5) is 14.3. The van der Waals surface area contributed by atoms with E-state index in [1.165, 1.54) is 15.6 Å². The van der Waals surface area contributed by atoms with Gasteiger partial charge in [-0.1, -0.05) is 29.9 Å². The van der Waals surface area contributed by atoms with Gasteiger partial charge in [0.1, 0.15) is 0 Å². The van der Waals surface area contributed by atoms with Gasteiger partial charge in [-0.15, -0.1) is 11.3 Å². The first kappa shape index (κ1) is 15.7. The van der Waals surface area contributed by atoms with Gasteiger partial charge in [0.15, 0.2) is 4.21 Å². The highest BCUT2D eigenvalue weighted by molar-refractivity contribution is 7.91. The number of nitrogens with zero attached hydrogens (tertiary/aromatic N) is 1. The lowest BCUT2D eigenvalue weighted by atomic mass is 10.4. The van der Waals surface area contributed by atoms with Crippen molar-refractivity contribution in [2.75, 3.05) is 6.54 Å². The quantitative estimate of drug-likeness (QED) is 0.899. The zero-order valence-electron chi connectivity index (χ0n) is 10.8. The molecule has 2 rings (SSSR count). The molecule has 1 N–H and O–H groups in total. The summed E-state index contributed by atoms with van der Waals surface area (Å²) < 4.78 is 27.1. The molecule has 0 aliphatic carbocycles. The maximum absolute atomic E-state index is 12.6. The number of aromatic nitrogens is 1. The lowest BCUT2D eigenvalue weighted by Crippen LogP contribution is -2.30. The SMILES string of the molecule is CCN(Cc1ccc(Cl)s1)S(=O)(=O)c1sc(=O)[nH]c1C. The van der Waals surface area contributed by atoms with Gasteiger partial charge in [-0.2, -0.15) is 4.31 Å². The molecule has 0 spiro atoms. The van der Waals surface area contributed by atoms with Crippen molar-refractivity contribution < 1.29 is 8.42 Å². The Morgan fingerprint density at radius 1 is 1.35 bits per heavy atom. The summed E-state index contributed by atoms with van der Waals surface area (Å²) in [5, 5.41) is 0. The minimum absolute atomic E-state index is 0.0759. The third-order valence-electron chi connectivity index (χ3n) is 2.67. The van der Waals surface area contributed by atoms with Gasteiger partial charge >= 0.3 is 4.87 Å². The first-order chi connectivity index (χ1) is 9.34. The molecule has 2 heterocycles. The number of rotatable bonds is 5. The van der Waals surface area contributed by atoms with Crippen LogP contribution in [-0.4, -0.2) is 24.3 Å². The van der Waals surface area contributed by atoms with E-state index in [9.17, 15) is 13.2 Å². The normalized spacial score (nSPS) is 12.2. The first-order valence-electron chi connectivity index (χ1n) is 5.78. The number of hydrogen-bond donors (Lipinski definition) is 1. The third-order valence-corrected chi connectivity index (χ3v) is 7.39. The number of thiophene rings is 1. The molecule has 0 amide bonds. The van der Waals surface area contributed by atoms with Crippen LogP contribution in [0.5, 0.6) is 0 Å². The number of H-pyrrole nitrogens is 1. The lowest BCUT2D eigenvalue weighted by Gasteiger charge is -2.18. The van der Waals surface area contributed by atoms with Crippen molar-refractivity contribution in [3.8, 4) is 0 Å². The van der Waals surface area contributed by atoms with E-state index in [1.54, 1.807) is 26.0 Å². The molecule has 0 radical (unpaired) electrons. The second-order valence-corrected chi connectivity index (χ2v) is 8.98. The van der Waals surface area contributed by atoms with Crippen LogP contribution in [0.25, 0.3) is 0 Å². The molecule has 0 atom stereocenters. The Morgan fingerprint density at radius 3 is 2.50 bits per heavy atom. The largest absolute Gasteiger partial charge is 0.315 e. The summed E-state index contributed by atoms with van der Waals surface area (Å²) >= 11 is 7.92. The first-order valence-corrected chi connectivity index (χ1v) is 9.23. The van der Waals surface area contributed by atoms with Gasteiger partial charge in [0.05, 0.1) is 4.34 Å². The Morgan fingerprint density at radius 2 is 2.05 bits per heavy atom. The Hall–Kier alpha value is -0.670. The zero-order valence-corrected chi connectivity index (χ0v) is 14.0. The summed E-state index contributed by atoms with van der Waals surface area (Å²) in [6.45, 7) is 3.92. The highest BCUT2D eigenvalue weighted by atomic mass is 35.5. The standard InChI is InChI=1S/C11H13ClN2O3S3/c1-3-14(6-8-4-5-9(12)18-8)20(16,17)10-7(2)13-11(15)19-10/h4-5H,3,6H2,1-2H3,(H,13,15). The Balaban J connectivity index is 2.35. The Labute approximate surface area is 129 Å². The molecule has 2 aromatic heterocycles. The summed E-state index contributed by atoms with van der Waals surface area (Å²) in [7, 11) is -3.67. The maximum atomic E-state index is 12.6. The van der Waals surface area contributed by atoms with Crippen LogP contribution in [-0.2, 0) is 16.6 Å². The van der Waals surface area contributed by atoms with Crippen molar-refractivity contribution in [2.45, 2.75) is 24.6 Å². The number of hydrogen-bond acceptors (Lipinski definition) is 5. The van der Waals surface area contributed by atoms with Crippen LogP contribution >= 0.6 is 34.3 Å². The van der Waals surface area contributed by atoms with E-state index in [1.807, 2.05) is 0 Å². The van der Waals surface area contributed by atoms with E-state index in [0.29, 0.717) is 16.6 Å². The van der Waals surface area contributed by atoms with Crippen molar-refractivity contribution in [2.24, 2.45) is 0 Å². The number of sulfonamides is 1. The van der Waals surface area contributed by atoms with Crippen molar-refractivity contribution in [1.82, 2.24) is 9.29 Å². The minimum Gasteiger partial charge on any atom is -0.315 e. The van der Waals surface area contributed by atoms with E-state index < -0.39 is 10.0 Å². The monoisotopic (exact) mass is 352 g/mol. The van der Waals surface area contributed by atoms with Crippen molar-refractivity contribution >= 4 is 44.3 Å². The van der Waals surface area contributed by atoms with Gasteiger partial charge in [0, 0.05) is 23.7 Å². The predicted molar refractivity (Wildman–Crippen MR) is 82.3 cm³/mol. The van der Waals surface area contributed by atoms with Gasteiger partial charge in [-0.3, -0.25) is 4.79 Å². The van der Waals surface area contributed by atoms with Crippen LogP contribution in [0.3, 0.4) is 0 Å². The molecule has 0 bridgehead atoms. The van der Waals surface area contributed by atoms with Crippen LogP contribution in [0.15, 0.2) is 21.1 Å². The minimum atomic E-state index is -3.67. The predicted octanol–water partition coefficient (Wildman–Crippen LogP) is 2.67. The fourth-order valence-corrected chi connectivity index (χ4v) is 5.78. The van der Waals surface area contributed by atoms with Gasteiger partial charge in [0.25, 0.3) is 10.0 Å². The lowest BCUT2D eigenvalue weighted by molar-refractivity contribution is 0.427. The number of aromatic amines is 1. The molecule has 0 aliphatic rings. The van der Waals surface area contributed by atoms with E-state index in [0.717, 1.165) is 16.2 Å².